The van der Waals surface area contributed by atoms with Gasteiger partial charge in [0.2, 0.25) is 27.6 Å². The minimum absolute atomic E-state index is 0.0851. The summed E-state index contributed by atoms with van der Waals surface area (Å²) < 4.78 is 33.2. The maximum absolute atomic E-state index is 12.9. The smallest absolute Gasteiger partial charge is 0.246 e. The molecule has 4 rings (SSSR count). The van der Waals surface area contributed by atoms with Crippen LogP contribution in [0.25, 0.3) is 11.4 Å². The Kier molecular flexibility index (Phi) is 6.49. The van der Waals surface area contributed by atoms with E-state index in [-0.39, 0.29) is 29.8 Å². The van der Waals surface area contributed by atoms with Crippen molar-refractivity contribution in [3.63, 3.8) is 0 Å². The molecule has 1 fully saturated rings. The minimum Gasteiger partial charge on any atom is -0.347 e. The number of amides is 1. The van der Waals surface area contributed by atoms with E-state index in [2.05, 4.69) is 31.4 Å². The minimum atomic E-state index is -3.62. The molecule has 31 heavy (non-hydrogen) atoms. The zero-order valence-corrected chi connectivity index (χ0v) is 19.0. The Morgan fingerprint density at radius 3 is 2.77 bits per heavy atom. The summed E-state index contributed by atoms with van der Waals surface area (Å²) in [7, 11) is -3.62. The lowest BCUT2D eigenvalue weighted by molar-refractivity contribution is -0.126. The van der Waals surface area contributed by atoms with Crippen molar-refractivity contribution < 1.29 is 17.7 Å². The van der Waals surface area contributed by atoms with Gasteiger partial charge in [-0.1, -0.05) is 51.4 Å². The van der Waals surface area contributed by atoms with Crippen LogP contribution in [-0.4, -0.2) is 41.9 Å². The van der Waals surface area contributed by atoms with Crippen molar-refractivity contribution in [3.8, 4) is 11.4 Å². The molecule has 3 aromatic rings. The monoisotopic (exact) mass is 504 g/mol. The Balaban J connectivity index is 1.37. The summed E-state index contributed by atoms with van der Waals surface area (Å²) in [5.74, 6) is 0.0612. The van der Waals surface area contributed by atoms with Crippen molar-refractivity contribution in [3.05, 3.63) is 65.0 Å². The molecule has 1 atom stereocenters. The fourth-order valence-electron chi connectivity index (χ4n) is 3.49. The molecule has 8 nitrogen and oxygen atoms in total. The zero-order chi connectivity index (χ0) is 21.8. The summed E-state index contributed by atoms with van der Waals surface area (Å²) in [6.45, 7) is 0.638. The third kappa shape index (κ3) is 5.03. The molecule has 0 radical (unpaired) electrons. The highest BCUT2D eigenvalue weighted by Crippen LogP contribution is 2.24. The fourth-order valence-corrected chi connectivity index (χ4v) is 5.44. The quantitative estimate of drug-likeness (QED) is 0.552. The van der Waals surface area contributed by atoms with E-state index < -0.39 is 15.9 Å². The van der Waals surface area contributed by atoms with Gasteiger partial charge in [-0.15, -0.1) is 0 Å². The maximum atomic E-state index is 12.9. The van der Waals surface area contributed by atoms with E-state index in [0.29, 0.717) is 25.2 Å². The highest BCUT2D eigenvalue weighted by Gasteiger charge is 2.33. The second-order valence-electron chi connectivity index (χ2n) is 7.26. The van der Waals surface area contributed by atoms with Gasteiger partial charge in [0.15, 0.2) is 0 Å². The number of halogens is 1. The first kappa shape index (κ1) is 21.7. The largest absolute Gasteiger partial charge is 0.347 e. The second kappa shape index (κ2) is 9.29. The van der Waals surface area contributed by atoms with Crippen LogP contribution in [0.5, 0.6) is 0 Å². The van der Waals surface area contributed by atoms with Gasteiger partial charge in [-0.3, -0.25) is 4.79 Å². The van der Waals surface area contributed by atoms with Crippen molar-refractivity contribution in [2.45, 2.75) is 24.3 Å². The van der Waals surface area contributed by atoms with Gasteiger partial charge in [-0.05, 0) is 37.1 Å². The number of benzene rings is 2. The summed E-state index contributed by atoms with van der Waals surface area (Å²) >= 11 is 3.40. The molecule has 2 aromatic carbocycles. The number of rotatable bonds is 6. The van der Waals surface area contributed by atoms with Gasteiger partial charge in [-0.25, -0.2) is 8.42 Å². The van der Waals surface area contributed by atoms with Crippen molar-refractivity contribution in [1.29, 1.82) is 0 Å². The Labute approximate surface area is 188 Å². The van der Waals surface area contributed by atoms with E-state index >= 15 is 0 Å². The van der Waals surface area contributed by atoms with Gasteiger partial charge in [-0.2, -0.15) is 9.29 Å². The Bertz CT molecular complexity index is 1170. The van der Waals surface area contributed by atoms with Gasteiger partial charge in [0.1, 0.15) is 0 Å². The average molecular weight is 505 g/mol. The highest BCUT2D eigenvalue weighted by molar-refractivity contribution is 9.10. The number of carbonyl (C=O) groups is 1. The number of nitrogens with one attached hydrogen (secondary N) is 1. The molecular formula is C21H21BrN4O4S. The number of aromatic nitrogens is 2. The van der Waals surface area contributed by atoms with E-state index in [4.69, 9.17) is 4.52 Å². The Hall–Kier alpha value is -2.56. The molecule has 10 heteroatoms. The summed E-state index contributed by atoms with van der Waals surface area (Å²) in [5, 5.41) is 6.74. The predicted molar refractivity (Wildman–Crippen MR) is 117 cm³/mol. The van der Waals surface area contributed by atoms with Crippen molar-refractivity contribution in [1.82, 2.24) is 19.8 Å². The third-order valence-electron chi connectivity index (χ3n) is 5.10. The molecule has 1 amide bonds. The van der Waals surface area contributed by atoms with Crippen LogP contribution in [-0.2, 0) is 21.4 Å². The lowest BCUT2D eigenvalue weighted by Crippen LogP contribution is -2.45. The van der Waals surface area contributed by atoms with Crippen LogP contribution in [0.3, 0.4) is 0 Å². The Morgan fingerprint density at radius 1 is 1.19 bits per heavy atom. The molecule has 0 unspecified atom stereocenters. The average Bonchev–Trinajstić information content (AvgIpc) is 3.27. The molecule has 0 saturated carbocycles. The summed E-state index contributed by atoms with van der Waals surface area (Å²) in [6, 6.07) is 15.8. The van der Waals surface area contributed by atoms with Crippen LogP contribution >= 0.6 is 15.9 Å². The summed E-state index contributed by atoms with van der Waals surface area (Å²) in [4.78, 5) is 17.2. The van der Waals surface area contributed by atoms with Crippen molar-refractivity contribution in [2.24, 2.45) is 5.92 Å². The molecule has 1 N–H and O–H groups in total. The first-order valence-corrected chi connectivity index (χ1v) is 12.1. The first-order valence-electron chi connectivity index (χ1n) is 9.85. The van der Waals surface area contributed by atoms with E-state index in [9.17, 15) is 13.2 Å². The van der Waals surface area contributed by atoms with Gasteiger partial charge in [0.25, 0.3) is 0 Å². The molecule has 0 bridgehead atoms. The standard InChI is InChI=1S/C21H21BrN4O4S/c22-17-8-4-6-15(12-17)20-24-19(30-25-20)13-23-21(27)16-7-5-11-26(14-16)31(28,29)18-9-2-1-3-10-18/h1-4,6,8-10,12,16H,5,7,11,13-14H2,(H,23,27)/t16-/m1/s1. The molecule has 0 spiro atoms. The zero-order valence-electron chi connectivity index (χ0n) is 16.6. The molecular weight excluding hydrogens is 484 g/mol. The van der Waals surface area contributed by atoms with Crippen LogP contribution in [0.4, 0.5) is 0 Å². The van der Waals surface area contributed by atoms with E-state index in [1.54, 1.807) is 30.3 Å². The number of sulfonamides is 1. The van der Waals surface area contributed by atoms with Crippen molar-refractivity contribution in [2.75, 3.05) is 13.1 Å². The van der Waals surface area contributed by atoms with E-state index in [1.807, 2.05) is 24.3 Å². The van der Waals surface area contributed by atoms with Gasteiger partial charge in [0.05, 0.1) is 17.4 Å². The molecule has 1 aliphatic heterocycles. The molecule has 0 aliphatic carbocycles. The van der Waals surface area contributed by atoms with Gasteiger partial charge in [0, 0.05) is 23.1 Å². The molecule has 2 heterocycles. The molecule has 1 aromatic heterocycles. The predicted octanol–water partition coefficient (Wildman–Crippen LogP) is 3.22. The summed E-state index contributed by atoms with van der Waals surface area (Å²) in [5.41, 5.74) is 0.796. The number of nitrogens with zero attached hydrogens (tertiary/aromatic N) is 3. The number of hydrogen-bond donors (Lipinski definition) is 1. The lowest BCUT2D eigenvalue weighted by atomic mass is 9.99. The third-order valence-corrected chi connectivity index (χ3v) is 7.47. The number of hydrogen-bond acceptors (Lipinski definition) is 6. The first-order chi connectivity index (χ1) is 14.9. The topological polar surface area (TPSA) is 105 Å². The van der Waals surface area contributed by atoms with Crippen molar-refractivity contribution >= 4 is 31.9 Å². The van der Waals surface area contributed by atoms with Crippen LogP contribution < -0.4 is 5.32 Å². The lowest BCUT2D eigenvalue weighted by Gasteiger charge is -2.31. The fraction of sp³-hybridized carbons (Fsp3) is 0.286. The van der Waals surface area contributed by atoms with E-state index in [1.165, 1.54) is 4.31 Å². The summed E-state index contributed by atoms with van der Waals surface area (Å²) in [6.07, 6.45) is 1.25. The van der Waals surface area contributed by atoms with Crippen LogP contribution in [0.15, 0.2) is 68.5 Å². The van der Waals surface area contributed by atoms with E-state index in [0.717, 1.165) is 10.0 Å². The SMILES string of the molecule is O=C(NCc1nc(-c2cccc(Br)c2)no1)[C@@H]1CCCN(S(=O)(=O)c2ccccc2)C1. The van der Waals surface area contributed by atoms with Gasteiger partial charge < -0.3 is 9.84 Å². The van der Waals surface area contributed by atoms with Crippen LogP contribution in [0.1, 0.15) is 18.7 Å². The number of piperidine rings is 1. The molecule has 1 aliphatic rings. The highest BCUT2D eigenvalue weighted by atomic mass is 79.9. The normalized spacial score (nSPS) is 17.4. The Morgan fingerprint density at radius 2 is 2.00 bits per heavy atom. The van der Waals surface area contributed by atoms with Gasteiger partial charge >= 0.3 is 0 Å². The van der Waals surface area contributed by atoms with Crippen LogP contribution in [0.2, 0.25) is 0 Å². The number of carbonyl (C=O) groups excluding carboxylic acids is 1. The molecule has 162 valence electrons. The second-order valence-corrected chi connectivity index (χ2v) is 10.1. The van der Waals surface area contributed by atoms with Crippen LogP contribution in [0, 0.1) is 5.92 Å². The maximum Gasteiger partial charge on any atom is 0.246 e. The molecule has 1 saturated heterocycles.